The van der Waals surface area contributed by atoms with E-state index in [1.54, 1.807) is 0 Å². The van der Waals surface area contributed by atoms with Gasteiger partial charge in [0, 0.05) is 19.2 Å². The number of urea groups is 1. The van der Waals surface area contributed by atoms with Crippen LogP contribution in [0.3, 0.4) is 0 Å². The number of nitrogens with zero attached hydrogens (tertiary/aromatic N) is 2. The van der Waals surface area contributed by atoms with Gasteiger partial charge in [-0.3, -0.25) is 10.1 Å². The average Bonchev–Trinajstić information content (AvgIpc) is 2.25. The molecule has 2 amide bonds. The van der Waals surface area contributed by atoms with E-state index in [2.05, 4.69) is 5.32 Å². The Kier molecular flexibility index (Phi) is 2.28. The Labute approximate surface area is 96.0 Å². The first-order valence-electron chi connectivity index (χ1n) is 4.42. The monoisotopic (exact) mass is 257 g/mol. The van der Waals surface area contributed by atoms with E-state index in [-0.39, 0.29) is 16.3 Å². The van der Waals surface area contributed by atoms with E-state index in [9.17, 15) is 23.3 Å². The fourth-order valence-corrected chi connectivity index (χ4v) is 2.59. The lowest BCUT2D eigenvalue weighted by Gasteiger charge is -2.25. The minimum absolute atomic E-state index is 0.0812. The van der Waals surface area contributed by atoms with E-state index < -0.39 is 21.0 Å². The Morgan fingerprint density at radius 1 is 1.41 bits per heavy atom. The standard InChI is InChI=1S/C8H7N3O5S/c1-10-8(12)9-6-4-5(11(13)14)2-3-7(6)17(10,15)16/h2-4H,1H3,(H,9,12). The van der Waals surface area contributed by atoms with Gasteiger partial charge in [0.15, 0.2) is 0 Å². The number of sulfonamides is 1. The van der Waals surface area contributed by atoms with Crippen LogP contribution in [0, 0.1) is 10.1 Å². The van der Waals surface area contributed by atoms with Crippen LogP contribution in [0.15, 0.2) is 23.1 Å². The number of hydrogen-bond donors (Lipinski definition) is 1. The molecule has 0 aromatic heterocycles. The van der Waals surface area contributed by atoms with Gasteiger partial charge in [-0.2, -0.15) is 0 Å². The number of hydrogen-bond acceptors (Lipinski definition) is 5. The summed E-state index contributed by atoms with van der Waals surface area (Å²) in [6, 6.07) is 2.33. The molecule has 0 unspecified atom stereocenters. The van der Waals surface area contributed by atoms with E-state index in [0.717, 1.165) is 25.2 Å². The highest BCUT2D eigenvalue weighted by molar-refractivity contribution is 7.90. The van der Waals surface area contributed by atoms with E-state index in [0.29, 0.717) is 4.31 Å². The normalized spacial score (nSPS) is 17.2. The number of carbonyl (C=O) groups excluding carboxylic acids is 1. The van der Waals surface area contributed by atoms with Crippen molar-refractivity contribution in [3.8, 4) is 0 Å². The third-order valence-electron chi connectivity index (χ3n) is 2.34. The van der Waals surface area contributed by atoms with Gasteiger partial charge in [0.05, 0.1) is 10.6 Å². The van der Waals surface area contributed by atoms with Crippen LogP contribution in [-0.4, -0.2) is 30.7 Å². The quantitative estimate of drug-likeness (QED) is 0.590. The molecule has 1 aromatic rings. The molecule has 1 aromatic carbocycles. The second-order valence-corrected chi connectivity index (χ2v) is 5.28. The first-order chi connectivity index (χ1) is 7.84. The van der Waals surface area contributed by atoms with E-state index in [1.807, 2.05) is 0 Å². The Hall–Kier alpha value is -2.16. The molecular formula is C8H7N3O5S. The molecular weight excluding hydrogens is 250 g/mol. The van der Waals surface area contributed by atoms with Crippen LogP contribution in [0.4, 0.5) is 16.2 Å². The summed E-state index contributed by atoms with van der Waals surface area (Å²) >= 11 is 0. The van der Waals surface area contributed by atoms with E-state index in [1.165, 1.54) is 0 Å². The molecule has 0 atom stereocenters. The third kappa shape index (κ3) is 1.60. The number of nitro groups is 1. The number of nitro benzene ring substituents is 1. The molecule has 0 saturated carbocycles. The largest absolute Gasteiger partial charge is 0.335 e. The molecule has 1 heterocycles. The molecule has 0 spiro atoms. The average molecular weight is 257 g/mol. The molecule has 90 valence electrons. The van der Waals surface area contributed by atoms with Gasteiger partial charge in [0.2, 0.25) is 0 Å². The van der Waals surface area contributed by atoms with Gasteiger partial charge in [-0.15, -0.1) is 0 Å². The summed E-state index contributed by atoms with van der Waals surface area (Å²) in [7, 11) is -2.81. The molecule has 0 fully saturated rings. The van der Waals surface area contributed by atoms with Crippen LogP contribution < -0.4 is 5.32 Å². The minimum atomic E-state index is -3.91. The summed E-state index contributed by atoms with van der Waals surface area (Å²) in [6.45, 7) is 0. The third-order valence-corrected chi connectivity index (χ3v) is 4.14. The first-order valence-corrected chi connectivity index (χ1v) is 5.86. The van der Waals surface area contributed by atoms with Crippen molar-refractivity contribution in [3.05, 3.63) is 28.3 Å². The Morgan fingerprint density at radius 3 is 2.65 bits per heavy atom. The SMILES string of the molecule is CN1C(=O)Nc2cc([N+](=O)[O-])ccc2S1(=O)=O. The number of nitrogens with one attached hydrogen (secondary N) is 1. The fraction of sp³-hybridized carbons (Fsp3) is 0.125. The lowest BCUT2D eigenvalue weighted by molar-refractivity contribution is -0.384. The summed E-state index contributed by atoms with van der Waals surface area (Å²) in [6.07, 6.45) is 0. The summed E-state index contributed by atoms with van der Waals surface area (Å²) < 4.78 is 24.1. The zero-order valence-corrected chi connectivity index (χ0v) is 9.39. The molecule has 0 bridgehead atoms. The summed E-state index contributed by atoms with van der Waals surface area (Å²) in [5.74, 6) is 0. The number of carbonyl (C=O) groups is 1. The number of rotatable bonds is 1. The maximum atomic E-state index is 11.8. The molecule has 0 saturated heterocycles. The van der Waals surface area contributed by atoms with Gasteiger partial charge >= 0.3 is 6.03 Å². The zero-order chi connectivity index (χ0) is 12.8. The van der Waals surface area contributed by atoms with Gasteiger partial charge in [-0.25, -0.2) is 17.5 Å². The number of amides is 2. The highest BCUT2D eigenvalue weighted by Gasteiger charge is 2.34. The topological polar surface area (TPSA) is 110 Å². The number of anilines is 1. The smallest absolute Gasteiger partial charge is 0.305 e. The molecule has 0 radical (unpaired) electrons. The minimum Gasteiger partial charge on any atom is -0.305 e. The molecule has 17 heavy (non-hydrogen) atoms. The van der Waals surface area contributed by atoms with Gasteiger partial charge in [0.25, 0.3) is 15.7 Å². The van der Waals surface area contributed by atoms with Gasteiger partial charge < -0.3 is 5.32 Å². The van der Waals surface area contributed by atoms with Crippen molar-refractivity contribution in [2.75, 3.05) is 12.4 Å². The second kappa shape index (κ2) is 3.42. The van der Waals surface area contributed by atoms with Crippen LogP contribution in [-0.2, 0) is 10.0 Å². The van der Waals surface area contributed by atoms with Crippen molar-refractivity contribution in [3.63, 3.8) is 0 Å². The fourth-order valence-electron chi connectivity index (χ4n) is 1.40. The molecule has 0 aliphatic carbocycles. The highest BCUT2D eigenvalue weighted by atomic mass is 32.2. The maximum absolute atomic E-state index is 11.8. The van der Waals surface area contributed by atoms with Crippen LogP contribution in [0.25, 0.3) is 0 Å². The van der Waals surface area contributed by atoms with Crippen molar-refractivity contribution in [2.45, 2.75) is 4.90 Å². The van der Waals surface area contributed by atoms with Crippen molar-refractivity contribution in [1.82, 2.24) is 4.31 Å². The van der Waals surface area contributed by atoms with Crippen LogP contribution in [0.2, 0.25) is 0 Å². The summed E-state index contributed by atoms with van der Waals surface area (Å²) in [4.78, 5) is 21.0. The molecule has 1 aliphatic heterocycles. The lowest BCUT2D eigenvalue weighted by Crippen LogP contribution is -2.41. The predicted molar refractivity (Wildman–Crippen MR) is 57.1 cm³/mol. The number of non-ortho nitro benzene ring substituents is 1. The van der Waals surface area contributed by atoms with Crippen molar-refractivity contribution in [1.29, 1.82) is 0 Å². The van der Waals surface area contributed by atoms with E-state index >= 15 is 0 Å². The highest BCUT2D eigenvalue weighted by Crippen LogP contribution is 2.31. The molecule has 1 aliphatic rings. The lowest BCUT2D eigenvalue weighted by atomic mass is 10.3. The van der Waals surface area contributed by atoms with Crippen molar-refractivity contribution in [2.24, 2.45) is 0 Å². The zero-order valence-electron chi connectivity index (χ0n) is 8.58. The van der Waals surface area contributed by atoms with Gasteiger partial charge in [0.1, 0.15) is 4.90 Å². The van der Waals surface area contributed by atoms with Crippen LogP contribution in [0.1, 0.15) is 0 Å². The Balaban J connectivity index is 2.67. The van der Waals surface area contributed by atoms with Crippen molar-refractivity contribution < 1.29 is 18.1 Å². The molecule has 2 rings (SSSR count). The maximum Gasteiger partial charge on any atom is 0.335 e. The summed E-state index contributed by atoms with van der Waals surface area (Å²) in [5, 5.41) is 12.8. The predicted octanol–water partition coefficient (Wildman–Crippen LogP) is 0.761. The van der Waals surface area contributed by atoms with Gasteiger partial charge in [-0.1, -0.05) is 0 Å². The molecule has 8 nitrogen and oxygen atoms in total. The van der Waals surface area contributed by atoms with Crippen LogP contribution >= 0.6 is 0 Å². The van der Waals surface area contributed by atoms with Crippen molar-refractivity contribution >= 4 is 27.4 Å². The Morgan fingerprint density at radius 2 is 2.06 bits per heavy atom. The molecule has 1 N–H and O–H groups in total. The van der Waals surface area contributed by atoms with E-state index in [4.69, 9.17) is 0 Å². The summed E-state index contributed by atoms with van der Waals surface area (Å²) in [5.41, 5.74) is -0.369. The van der Waals surface area contributed by atoms with Crippen LogP contribution in [0.5, 0.6) is 0 Å². The molecule has 9 heteroatoms. The Bertz CT molecular complexity index is 624. The number of fused-ring (bicyclic) bond motifs is 1. The first kappa shape index (κ1) is 11.3. The number of benzene rings is 1. The van der Waals surface area contributed by atoms with Gasteiger partial charge in [-0.05, 0) is 6.07 Å². The second-order valence-electron chi connectivity index (χ2n) is 3.34.